The van der Waals surface area contributed by atoms with E-state index in [1.54, 1.807) is 24.3 Å². The average Bonchev–Trinajstić information content (AvgIpc) is 3.17. The van der Waals surface area contributed by atoms with E-state index in [1.807, 2.05) is 4.90 Å². The summed E-state index contributed by atoms with van der Waals surface area (Å²) in [5, 5.41) is 2.60. The van der Waals surface area contributed by atoms with E-state index in [1.165, 1.54) is 29.6 Å². The molecule has 0 saturated carbocycles. The molecule has 2 heterocycles. The van der Waals surface area contributed by atoms with Crippen molar-refractivity contribution in [2.24, 2.45) is 0 Å². The number of hydrogen-bond donors (Lipinski definition) is 1. The lowest BCUT2D eigenvalue weighted by molar-refractivity contribution is -0.114. The summed E-state index contributed by atoms with van der Waals surface area (Å²) in [6.07, 6.45) is 1.45. The third kappa shape index (κ3) is 4.62. The highest BCUT2D eigenvalue weighted by Crippen LogP contribution is 2.20. The number of anilines is 1. The molecule has 0 aliphatic carbocycles. The van der Waals surface area contributed by atoms with Crippen LogP contribution in [0.2, 0.25) is 0 Å². The molecule has 3 rings (SSSR count). The van der Waals surface area contributed by atoms with Crippen LogP contribution in [0.1, 0.15) is 17.5 Å². The molecule has 27 heavy (non-hydrogen) atoms. The van der Waals surface area contributed by atoms with E-state index in [4.69, 9.17) is 4.42 Å². The van der Waals surface area contributed by atoms with Gasteiger partial charge in [0.25, 0.3) is 0 Å². The number of carbonyl (C=O) groups excluding carboxylic acids is 2. The van der Waals surface area contributed by atoms with Crippen molar-refractivity contribution in [2.45, 2.75) is 11.8 Å². The highest BCUT2D eigenvalue weighted by Gasteiger charge is 2.29. The molecule has 0 bridgehead atoms. The van der Waals surface area contributed by atoms with Gasteiger partial charge in [0.2, 0.25) is 21.7 Å². The predicted octanol–water partition coefficient (Wildman–Crippen LogP) is 1.43. The molecule has 1 aromatic heterocycles. The van der Waals surface area contributed by atoms with Gasteiger partial charge < -0.3 is 9.73 Å². The van der Waals surface area contributed by atoms with Crippen LogP contribution in [0.3, 0.4) is 0 Å². The van der Waals surface area contributed by atoms with Crippen molar-refractivity contribution in [2.75, 3.05) is 38.0 Å². The van der Waals surface area contributed by atoms with Crippen LogP contribution < -0.4 is 5.32 Å². The lowest BCUT2D eigenvalue weighted by atomic mass is 10.2. The molecule has 1 aliphatic rings. The van der Waals surface area contributed by atoms with E-state index in [0.29, 0.717) is 37.6 Å². The molecule has 9 heteroatoms. The van der Waals surface area contributed by atoms with Gasteiger partial charge in [0.15, 0.2) is 5.76 Å². The van der Waals surface area contributed by atoms with E-state index in [0.717, 1.165) is 0 Å². The summed E-state index contributed by atoms with van der Waals surface area (Å²) in [5.41, 5.74) is 0.544. The highest BCUT2D eigenvalue weighted by atomic mass is 32.2. The Morgan fingerprint density at radius 2 is 1.74 bits per heavy atom. The zero-order chi connectivity index (χ0) is 19.4. The molecule has 144 valence electrons. The number of nitrogens with zero attached hydrogens (tertiary/aromatic N) is 2. The number of rotatable bonds is 6. The first-order valence-electron chi connectivity index (χ1n) is 8.53. The van der Waals surface area contributed by atoms with E-state index < -0.39 is 10.0 Å². The van der Waals surface area contributed by atoms with Crippen LogP contribution in [0.15, 0.2) is 52.0 Å². The third-order valence-electron chi connectivity index (χ3n) is 4.31. The van der Waals surface area contributed by atoms with Crippen molar-refractivity contribution < 1.29 is 22.4 Å². The monoisotopic (exact) mass is 391 g/mol. The molecule has 0 atom stereocenters. The Morgan fingerprint density at radius 1 is 1.07 bits per heavy atom. The van der Waals surface area contributed by atoms with Gasteiger partial charge in [-0.25, -0.2) is 8.42 Å². The summed E-state index contributed by atoms with van der Waals surface area (Å²) < 4.78 is 32.1. The Bertz CT molecular complexity index is 899. The Hall–Kier alpha value is -2.49. The second-order valence-electron chi connectivity index (χ2n) is 6.29. The minimum atomic E-state index is -3.61. The number of piperazine rings is 1. The van der Waals surface area contributed by atoms with Gasteiger partial charge in [-0.3, -0.25) is 14.5 Å². The van der Waals surface area contributed by atoms with Crippen molar-refractivity contribution in [3.05, 3.63) is 48.4 Å². The lowest BCUT2D eigenvalue weighted by Crippen LogP contribution is -2.49. The fraction of sp³-hybridized carbons (Fsp3) is 0.333. The van der Waals surface area contributed by atoms with E-state index >= 15 is 0 Å². The van der Waals surface area contributed by atoms with E-state index in [9.17, 15) is 18.0 Å². The second kappa shape index (κ2) is 8.03. The van der Waals surface area contributed by atoms with Gasteiger partial charge in [-0.15, -0.1) is 0 Å². The zero-order valence-electron chi connectivity index (χ0n) is 14.9. The fourth-order valence-corrected chi connectivity index (χ4v) is 4.33. The first kappa shape index (κ1) is 19.3. The van der Waals surface area contributed by atoms with Crippen LogP contribution in [-0.2, 0) is 14.8 Å². The number of carbonyl (C=O) groups is 2. The molecule has 2 aromatic rings. The molecular weight excluding hydrogens is 370 g/mol. The molecule has 0 unspecified atom stereocenters. The molecule has 0 radical (unpaired) electrons. The summed E-state index contributed by atoms with van der Waals surface area (Å²) >= 11 is 0. The fourth-order valence-electron chi connectivity index (χ4n) is 2.91. The maximum atomic E-state index is 12.8. The Kier molecular flexibility index (Phi) is 5.73. The number of benzene rings is 1. The maximum absolute atomic E-state index is 12.8. The molecule has 8 nitrogen and oxygen atoms in total. The number of ketones is 1. The Morgan fingerprint density at radius 3 is 2.30 bits per heavy atom. The predicted molar refractivity (Wildman–Crippen MR) is 99.0 cm³/mol. The normalized spacial score (nSPS) is 16.2. The van der Waals surface area contributed by atoms with Gasteiger partial charge in [0.1, 0.15) is 0 Å². The van der Waals surface area contributed by atoms with Crippen molar-refractivity contribution in [3.63, 3.8) is 0 Å². The topological polar surface area (TPSA) is 99.9 Å². The van der Waals surface area contributed by atoms with Gasteiger partial charge >= 0.3 is 0 Å². The summed E-state index contributed by atoms with van der Waals surface area (Å²) in [6, 6.07) is 9.36. The van der Waals surface area contributed by atoms with Crippen molar-refractivity contribution in [1.82, 2.24) is 9.21 Å². The number of amides is 1. The van der Waals surface area contributed by atoms with Crippen LogP contribution in [0.4, 0.5) is 5.69 Å². The maximum Gasteiger partial charge on any atom is 0.243 e. The summed E-state index contributed by atoms with van der Waals surface area (Å²) in [6.45, 7) is 3.14. The third-order valence-corrected chi connectivity index (χ3v) is 6.22. The van der Waals surface area contributed by atoms with Crippen molar-refractivity contribution >= 4 is 27.4 Å². The summed E-state index contributed by atoms with van der Waals surface area (Å²) in [7, 11) is -3.61. The Labute approximate surface area is 157 Å². The molecule has 1 fully saturated rings. The SMILES string of the molecule is CC(=O)Nc1ccc(S(=O)(=O)N2CCN(CC(=O)c3ccco3)CC2)cc1. The second-order valence-corrected chi connectivity index (χ2v) is 8.22. The quantitative estimate of drug-likeness (QED) is 0.748. The van der Waals surface area contributed by atoms with Gasteiger partial charge in [0.05, 0.1) is 17.7 Å². The smallest absolute Gasteiger partial charge is 0.243 e. The molecule has 1 amide bonds. The summed E-state index contributed by atoms with van der Waals surface area (Å²) in [5.74, 6) is -0.0278. The number of furan rings is 1. The molecule has 1 aromatic carbocycles. The summed E-state index contributed by atoms with van der Waals surface area (Å²) in [4.78, 5) is 25.2. The van der Waals surface area contributed by atoms with E-state index in [2.05, 4.69) is 5.32 Å². The number of sulfonamides is 1. The zero-order valence-corrected chi connectivity index (χ0v) is 15.7. The van der Waals surface area contributed by atoms with Crippen molar-refractivity contribution in [3.8, 4) is 0 Å². The molecule has 1 N–H and O–H groups in total. The van der Waals surface area contributed by atoms with Crippen LogP contribution in [0.25, 0.3) is 0 Å². The van der Waals surface area contributed by atoms with Crippen LogP contribution in [0.5, 0.6) is 0 Å². The number of Topliss-reactive ketones (excluding diaryl/α,β-unsaturated/α-hetero) is 1. The van der Waals surface area contributed by atoms with Gasteiger partial charge in [-0.2, -0.15) is 4.31 Å². The highest BCUT2D eigenvalue weighted by molar-refractivity contribution is 7.89. The first-order chi connectivity index (χ1) is 12.9. The minimum absolute atomic E-state index is 0.120. The minimum Gasteiger partial charge on any atom is -0.461 e. The molecular formula is C18H21N3O5S. The Balaban J connectivity index is 1.59. The van der Waals surface area contributed by atoms with Crippen molar-refractivity contribution in [1.29, 1.82) is 0 Å². The number of nitrogens with one attached hydrogen (secondary N) is 1. The first-order valence-corrected chi connectivity index (χ1v) is 9.97. The van der Waals surface area contributed by atoms with Gasteiger partial charge in [0, 0.05) is 38.8 Å². The molecule has 1 aliphatic heterocycles. The van der Waals surface area contributed by atoms with Crippen LogP contribution in [0, 0.1) is 0 Å². The average molecular weight is 391 g/mol. The largest absolute Gasteiger partial charge is 0.461 e. The lowest BCUT2D eigenvalue weighted by Gasteiger charge is -2.33. The van der Waals surface area contributed by atoms with Crippen LogP contribution in [-0.4, -0.2) is 62.0 Å². The molecule has 0 spiro atoms. The van der Waals surface area contributed by atoms with Gasteiger partial charge in [-0.05, 0) is 36.4 Å². The van der Waals surface area contributed by atoms with Crippen LogP contribution >= 0.6 is 0 Å². The number of hydrogen-bond acceptors (Lipinski definition) is 6. The molecule has 1 saturated heterocycles. The standard InChI is InChI=1S/C18H21N3O5S/c1-14(22)19-15-4-6-16(7-5-15)27(24,25)21-10-8-20(9-11-21)13-17(23)18-3-2-12-26-18/h2-7,12H,8-11,13H2,1H3,(H,19,22). The van der Waals surface area contributed by atoms with Gasteiger partial charge in [-0.1, -0.05) is 0 Å². The van der Waals surface area contributed by atoms with E-state index in [-0.39, 0.29) is 23.1 Å².